The maximum absolute atomic E-state index is 13.8. The van der Waals surface area contributed by atoms with Crippen molar-refractivity contribution < 1.29 is 19.1 Å². The zero-order chi connectivity index (χ0) is 18.0. The van der Waals surface area contributed by atoms with Crippen molar-refractivity contribution in [3.63, 3.8) is 0 Å². The Kier molecular flexibility index (Phi) is 4.78. The minimum Gasteiger partial charge on any atom is -0.476 e. The van der Waals surface area contributed by atoms with E-state index >= 15 is 0 Å². The Hall–Kier alpha value is -2.77. The smallest absolute Gasteiger partial charge is 0.358 e. The average molecular weight is 346 g/mol. The van der Waals surface area contributed by atoms with Crippen LogP contribution in [0.15, 0.2) is 30.5 Å². The number of hydrogen-bond acceptors (Lipinski definition) is 4. The summed E-state index contributed by atoms with van der Waals surface area (Å²) in [7, 11) is 0. The van der Waals surface area contributed by atoms with Gasteiger partial charge in [-0.25, -0.2) is 13.9 Å². The second kappa shape index (κ2) is 7.00. The molecule has 2 aromatic rings. The average Bonchev–Trinajstić information content (AvgIpc) is 3.02. The van der Waals surface area contributed by atoms with Crippen LogP contribution in [0, 0.1) is 11.7 Å². The zero-order valence-electron chi connectivity index (χ0n) is 13.8. The normalized spacial score (nSPS) is 19.3. The fraction of sp³-hybridized carbons (Fsp3) is 0.412. The van der Waals surface area contributed by atoms with Gasteiger partial charge in [-0.05, 0) is 25.8 Å². The molecule has 0 saturated heterocycles. The van der Waals surface area contributed by atoms with Gasteiger partial charge in [0.2, 0.25) is 5.91 Å². The molecular formula is C17H19FN4O3. The standard InChI is InChI=1S/C17H19FN4O3/c1-2-21(9-11-5-3-4-6-14(11)18)16(23)12-7-13(8-12)22-10-15(17(24)25)19-20-22/h3-6,10,12-13H,2,7-9H2,1H3,(H,24,25). The number of rotatable bonds is 6. The minimum atomic E-state index is -1.12. The molecule has 25 heavy (non-hydrogen) atoms. The molecule has 0 bridgehead atoms. The predicted molar refractivity (Wildman–Crippen MR) is 86.2 cm³/mol. The molecule has 8 heteroatoms. The van der Waals surface area contributed by atoms with Crippen molar-refractivity contribution in [2.24, 2.45) is 5.92 Å². The van der Waals surface area contributed by atoms with Crippen molar-refractivity contribution in [2.75, 3.05) is 6.54 Å². The number of nitrogens with zero attached hydrogens (tertiary/aromatic N) is 4. The molecule has 132 valence electrons. The Morgan fingerprint density at radius 1 is 1.36 bits per heavy atom. The van der Waals surface area contributed by atoms with Crippen molar-refractivity contribution in [1.29, 1.82) is 0 Å². The molecule has 1 amide bonds. The van der Waals surface area contributed by atoms with E-state index in [-0.39, 0.29) is 35.9 Å². The number of carbonyl (C=O) groups excluding carboxylic acids is 1. The van der Waals surface area contributed by atoms with E-state index in [0.717, 1.165) is 0 Å². The topological polar surface area (TPSA) is 88.3 Å². The molecular weight excluding hydrogens is 327 g/mol. The highest BCUT2D eigenvalue weighted by atomic mass is 19.1. The van der Waals surface area contributed by atoms with E-state index in [0.29, 0.717) is 24.9 Å². The summed E-state index contributed by atoms with van der Waals surface area (Å²) in [6.45, 7) is 2.61. The van der Waals surface area contributed by atoms with Gasteiger partial charge in [-0.15, -0.1) is 5.10 Å². The van der Waals surface area contributed by atoms with E-state index in [1.807, 2.05) is 6.92 Å². The van der Waals surface area contributed by atoms with Crippen LogP contribution in [0.2, 0.25) is 0 Å². The molecule has 0 radical (unpaired) electrons. The Balaban J connectivity index is 1.59. The molecule has 1 fully saturated rings. The molecule has 0 aliphatic heterocycles. The fourth-order valence-electron chi connectivity index (χ4n) is 2.99. The summed E-state index contributed by atoms with van der Waals surface area (Å²) in [5.74, 6) is -1.61. The third kappa shape index (κ3) is 3.52. The van der Waals surface area contributed by atoms with E-state index in [1.165, 1.54) is 16.9 Å². The van der Waals surface area contributed by atoms with Gasteiger partial charge in [-0.2, -0.15) is 0 Å². The van der Waals surface area contributed by atoms with Gasteiger partial charge in [0.25, 0.3) is 0 Å². The summed E-state index contributed by atoms with van der Waals surface area (Å²) in [5, 5.41) is 16.3. The van der Waals surface area contributed by atoms with Gasteiger partial charge in [-0.3, -0.25) is 4.79 Å². The highest BCUT2D eigenvalue weighted by Gasteiger charge is 2.38. The lowest BCUT2D eigenvalue weighted by Crippen LogP contribution is -2.42. The number of aromatic carboxylic acids is 1. The second-order valence-corrected chi connectivity index (χ2v) is 6.15. The summed E-state index contributed by atoms with van der Waals surface area (Å²) in [6, 6.07) is 6.41. The van der Waals surface area contributed by atoms with Crippen molar-refractivity contribution in [2.45, 2.75) is 32.4 Å². The largest absolute Gasteiger partial charge is 0.476 e. The molecule has 1 N–H and O–H groups in total. The van der Waals surface area contributed by atoms with Crippen molar-refractivity contribution in [3.8, 4) is 0 Å². The minimum absolute atomic E-state index is 0.0134. The number of carboxylic acid groups (broad SMARTS) is 1. The maximum atomic E-state index is 13.8. The Labute approximate surface area is 144 Å². The summed E-state index contributed by atoms with van der Waals surface area (Å²) in [6.07, 6.45) is 2.54. The van der Waals surface area contributed by atoms with Crippen LogP contribution in [-0.4, -0.2) is 43.4 Å². The molecule has 1 aliphatic rings. The number of amides is 1. The Morgan fingerprint density at radius 3 is 2.68 bits per heavy atom. The lowest BCUT2D eigenvalue weighted by atomic mass is 9.79. The van der Waals surface area contributed by atoms with E-state index in [2.05, 4.69) is 10.3 Å². The lowest BCUT2D eigenvalue weighted by molar-refractivity contribution is -0.140. The van der Waals surface area contributed by atoms with Gasteiger partial charge in [0, 0.05) is 24.6 Å². The van der Waals surface area contributed by atoms with Crippen molar-refractivity contribution in [3.05, 3.63) is 47.5 Å². The molecule has 1 saturated carbocycles. The number of aromatic nitrogens is 3. The van der Waals surface area contributed by atoms with Gasteiger partial charge in [0.1, 0.15) is 5.82 Å². The Bertz CT molecular complexity index is 786. The van der Waals surface area contributed by atoms with Crippen molar-refractivity contribution >= 4 is 11.9 Å². The molecule has 0 spiro atoms. The quantitative estimate of drug-likeness (QED) is 0.865. The van der Waals surface area contributed by atoms with Crippen LogP contribution >= 0.6 is 0 Å². The highest BCUT2D eigenvalue weighted by Crippen LogP contribution is 2.38. The first kappa shape index (κ1) is 17.1. The number of halogens is 1. The third-order valence-electron chi connectivity index (χ3n) is 4.58. The molecule has 1 aliphatic carbocycles. The van der Waals surface area contributed by atoms with Gasteiger partial charge in [-0.1, -0.05) is 23.4 Å². The predicted octanol–water partition coefficient (Wildman–Crippen LogP) is 2.12. The maximum Gasteiger partial charge on any atom is 0.358 e. The number of carboxylic acids is 1. The van der Waals surface area contributed by atoms with Crippen molar-refractivity contribution in [1.82, 2.24) is 19.9 Å². The van der Waals surface area contributed by atoms with E-state index in [1.54, 1.807) is 23.1 Å². The molecule has 1 heterocycles. The first-order chi connectivity index (χ1) is 12.0. The Morgan fingerprint density at radius 2 is 2.08 bits per heavy atom. The second-order valence-electron chi connectivity index (χ2n) is 6.15. The van der Waals surface area contributed by atoms with Crippen LogP contribution in [-0.2, 0) is 11.3 Å². The monoisotopic (exact) mass is 346 g/mol. The van der Waals surface area contributed by atoms with Crippen LogP contribution in [0.4, 0.5) is 4.39 Å². The molecule has 0 atom stereocenters. The summed E-state index contributed by atoms with van der Waals surface area (Å²) >= 11 is 0. The molecule has 3 rings (SSSR count). The number of benzene rings is 1. The zero-order valence-corrected chi connectivity index (χ0v) is 13.8. The SMILES string of the molecule is CCN(Cc1ccccc1F)C(=O)C1CC(n2cc(C(=O)O)nn2)C1. The molecule has 1 aromatic carbocycles. The lowest BCUT2D eigenvalue weighted by Gasteiger charge is -2.37. The van der Waals surface area contributed by atoms with Gasteiger partial charge in [0.15, 0.2) is 5.69 Å². The first-order valence-corrected chi connectivity index (χ1v) is 8.17. The van der Waals surface area contributed by atoms with Gasteiger partial charge in [0.05, 0.1) is 12.2 Å². The molecule has 1 aromatic heterocycles. The summed E-state index contributed by atoms with van der Waals surface area (Å²) in [4.78, 5) is 25.1. The van der Waals surface area contributed by atoms with Crippen LogP contribution in [0.1, 0.15) is 41.9 Å². The van der Waals surface area contributed by atoms with Crippen LogP contribution < -0.4 is 0 Å². The highest BCUT2D eigenvalue weighted by molar-refractivity contribution is 5.84. The summed E-state index contributed by atoms with van der Waals surface area (Å²) in [5.41, 5.74) is 0.389. The first-order valence-electron chi connectivity index (χ1n) is 8.17. The van der Waals surface area contributed by atoms with E-state index in [4.69, 9.17) is 5.11 Å². The van der Waals surface area contributed by atoms with Gasteiger partial charge >= 0.3 is 5.97 Å². The van der Waals surface area contributed by atoms with E-state index in [9.17, 15) is 14.0 Å². The van der Waals surface area contributed by atoms with Crippen LogP contribution in [0.3, 0.4) is 0 Å². The molecule has 0 unspecified atom stereocenters. The third-order valence-corrected chi connectivity index (χ3v) is 4.58. The van der Waals surface area contributed by atoms with Crippen LogP contribution in [0.5, 0.6) is 0 Å². The van der Waals surface area contributed by atoms with Crippen LogP contribution in [0.25, 0.3) is 0 Å². The van der Waals surface area contributed by atoms with Gasteiger partial charge < -0.3 is 10.0 Å². The fourth-order valence-corrected chi connectivity index (χ4v) is 2.99. The number of carbonyl (C=O) groups is 2. The number of hydrogen-bond donors (Lipinski definition) is 1. The van der Waals surface area contributed by atoms with E-state index < -0.39 is 5.97 Å². The summed E-state index contributed by atoms with van der Waals surface area (Å²) < 4.78 is 15.3. The molecule has 7 nitrogen and oxygen atoms in total.